The number of nitrogens with one attached hydrogen (secondary N) is 1. The molecule has 1 aliphatic heterocycles. The van der Waals surface area contributed by atoms with Crippen LogP contribution < -0.4 is 11.1 Å². The van der Waals surface area contributed by atoms with Gasteiger partial charge in [-0.25, -0.2) is 0 Å². The molecule has 1 aromatic rings. The summed E-state index contributed by atoms with van der Waals surface area (Å²) in [6.07, 6.45) is 8.06. The summed E-state index contributed by atoms with van der Waals surface area (Å²) >= 11 is 0. The Labute approximate surface area is 127 Å². The summed E-state index contributed by atoms with van der Waals surface area (Å²) < 4.78 is 0. The maximum atomic E-state index is 5.88. The largest absolute Gasteiger partial charge is 0.370 e. The number of hydrogen-bond donors (Lipinski definition) is 2. The maximum absolute atomic E-state index is 5.88. The highest BCUT2D eigenvalue weighted by atomic mass is 15.1. The third-order valence-electron chi connectivity index (χ3n) is 3.81. The number of hydrogen-bond acceptors (Lipinski definition) is 3. The van der Waals surface area contributed by atoms with Crippen LogP contribution in [-0.4, -0.2) is 48.6 Å². The molecule has 0 spiro atoms. The highest BCUT2D eigenvalue weighted by Crippen LogP contribution is 2.08. The van der Waals surface area contributed by atoms with Gasteiger partial charge in [-0.15, -0.1) is 0 Å². The number of rotatable bonds is 6. The van der Waals surface area contributed by atoms with Crippen molar-refractivity contribution in [3.8, 4) is 0 Å². The molecular formula is C16H27N5. The first-order valence-electron chi connectivity index (χ1n) is 8.00. The molecule has 1 fully saturated rings. The SMILES string of the molecule is NC(=NCCN1CCCCCC1)NCCc1ccccn1. The lowest BCUT2D eigenvalue weighted by Gasteiger charge is -2.18. The number of aromatic nitrogens is 1. The molecule has 0 saturated carbocycles. The van der Waals surface area contributed by atoms with Gasteiger partial charge in [0.25, 0.3) is 0 Å². The molecule has 0 radical (unpaired) electrons. The summed E-state index contributed by atoms with van der Waals surface area (Å²) in [7, 11) is 0. The van der Waals surface area contributed by atoms with Gasteiger partial charge in [0, 0.05) is 31.4 Å². The van der Waals surface area contributed by atoms with Crippen LogP contribution in [0, 0.1) is 0 Å². The Morgan fingerprint density at radius 3 is 2.76 bits per heavy atom. The molecule has 0 unspecified atom stereocenters. The third kappa shape index (κ3) is 6.58. The van der Waals surface area contributed by atoms with Gasteiger partial charge in [0.2, 0.25) is 0 Å². The van der Waals surface area contributed by atoms with Gasteiger partial charge in [-0.2, -0.15) is 0 Å². The van der Waals surface area contributed by atoms with E-state index in [9.17, 15) is 0 Å². The van der Waals surface area contributed by atoms with Gasteiger partial charge < -0.3 is 16.0 Å². The van der Waals surface area contributed by atoms with E-state index in [0.29, 0.717) is 5.96 Å². The van der Waals surface area contributed by atoms with Crippen LogP contribution in [-0.2, 0) is 6.42 Å². The summed E-state index contributed by atoms with van der Waals surface area (Å²) in [6, 6.07) is 5.95. The van der Waals surface area contributed by atoms with Crippen LogP contribution in [0.15, 0.2) is 29.4 Å². The fourth-order valence-corrected chi connectivity index (χ4v) is 2.59. The Morgan fingerprint density at radius 2 is 2.05 bits per heavy atom. The van der Waals surface area contributed by atoms with E-state index in [1.165, 1.54) is 38.8 Å². The molecule has 2 heterocycles. The molecule has 1 aliphatic rings. The number of guanidine groups is 1. The van der Waals surface area contributed by atoms with E-state index >= 15 is 0 Å². The molecule has 21 heavy (non-hydrogen) atoms. The summed E-state index contributed by atoms with van der Waals surface area (Å²) in [5, 5.41) is 3.15. The Morgan fingerprint density at radius 1 is 1.24 bits per heavy atom. The van der Waals surface area contributed by atoms with Crippen molar-refractivity contribution in [3.05, 3.63) is 30.1 Å². The predicted octanol–water partition coefficient (Wildman–Crippen LogP) is 1.40. The zero-order valence-electron chi connectivity index (χ0n) is 12.8. The Hall–Kier alpha value is -1.62. The van der Waals surface area contributed by atoms with Gasteiger partial charge in [-0.1, -0.05) is 18.9 Å². The highest BCUT2D eigenvalue weighted by molar-refractivity contribution is 5.77. The van der Waals surface area contributed by atoms with Crippen molar-refractivity contribution in [2.24, 2.45) is 10.7 Å². The second kappa shape index (κ2) is 9.34. The fourth-order valence-electron chi connectivity index (χ4n) is 2.59. The first-order valence-corrected chi connectivity index (χ1v) is 8.00. The highest BCUT2D eigenvalue weighted by Gasteiger charge is 2.07. The van der Waals surface area contributed by atoms with Crippen LogP contribution in [0.5, 0.6) is 0 Å². The maximum Gasteiger partial charge on any atom is 0.188 e. The van der Waals surface area contributed by atoms with E-state index in [1.54, 1.807) is 0 Å². The topological polar surface area (TPSA) is 66.5 Å². The molecule has 5 nitrogen and oxygen atoms in total. The van der Waals surface area contributed by atoms with Gasteiger partial charge in [0.15, 0.2) is 5.96 Å². The smallest absolute Gasteiger partial charge is 0.188 e. The second-order valence-corrected chi connectivity index (χ2v) is 5.52. The lowest BCUT2D eigenvalue weighted by atomic mass is 10.2. The lowest BCUT2D eigenvalue weighted by molar-refractivity contribution is 0.293. The molecule has 0 aromatic carbocycles. The quantitative estimate of drug-likeness (QED) is 0.614. The Balaban J connectivity index is 1.60. The first-order chi connectivity index (χ1) is 10.3. The van der Waals surface area contributed by atoms with Gasteiger partial charge in [0.05, 0.1) is 6.54 Å². The van der Waals surface area contributed by atoms with Gasteiger partial charge in [-0.3, -0.25) is 9.98 Å². The molecule has 1 saturated heterocycles. The van der Waals surface area contributed by atoms with E-state index in [1.807, 2.05) is 24.4 Å². The molecule has 0 aliphatic carbocycles. The van der Waals surface area contributed by atoms with E-state index in [2.05, 4.69) is 20.2 Å². The van der Waals surface area contributed by atoms with Crippen LogP contribution in [0.2, 0.25) is 0 Å². The van der Waals surface area contributed by atoms with E-state index in [0.717, 1.165) is 31.7 Å². The van der Waals surface area contributed by atoms with Crippen LogP contribution >= 0.6 is 0 Å². The Kier molecular flexibility index (Phi) is 7.01. The minimum atomic E-state index is 0.542. The zero-order valence-corrected chi connectivity index (χ0v) is 12.8. The summed E-state index contributed by atoms with van der Waals surface area (Å²) in [4.78, 5) is 11.2. The number of likely N-dealkylation sites (tertiary alicyclic amines) is 1. The molecular weight excluding hydrogens is 262 g/mol. The van der Waals surface area contributed by atoms with Crippen molar-refractivity contribution >= 4 is 5.96 Å². The van der Waals surface area contributed by atoms with Crippen molar-refractivity contribution in [2.45, 2.75) is 32.1 Å². The van der Waals surface area contributed by atoms with Gasteiger partial charge in [0.1, 0.15) is 0 Å². The minimum Gasteiger partial charge on any atom is -0.370 e. The number of pyridine rings is 1. The van der Waals surface area contributed by atoms with Crippen molar-refractivity contribution < 1.29 is 0 Å². The van der Waals surface area contributed by atoms with Crippen molar-refractivity contribution in [3.63, 3.8) is 0 Å². The van der Waals surface area contributed by atoms with Crippen LogP contribution in [0.4, 0.5) is 0 Å². The lowest BCUT2D eigenvalue weighted by Crippen LogP contribution is -2.34. The average Bonchev–Trinajstić information content (AvgIpc) is 2.77. The normalized spacial score (nSPS) is 17.4. The van der Waals surface area contributed by atoms with E-state index in [-0.39, 0.29) is 0 Å². The molecule has 3 N–H and O–H groups in total. The predicted molar refractivity (Wildman–Crippen MR) is 87.3 cm³/mol. The first kappa shape index (κ1) is 15.8. The van der Waals surface area contributed by atoms with Gasteiger partial charge in [-0.05, 0) is 38.1 Å². The average molecular weight is 289 g/mol. The summed E-state index contributed by atoms with van der Waals surface area (Å²) in [6.45, 7) is 4.99. The van der Waals surface area contributed by atoms with Crippen LogP contribution in [0.3, 0.4) is 0 Å². The molecule has 116 valence electrons. The monoisotopic (exact) mass is 289 g/mol. The molecule has 0 atom stereocenters. The minimum absolute atomic E-state index is 0.542. The van der Waals surface area contributed by atoms with Crippen LogP contribution in [0.25, 0.3) is 0 Å². The molecule has 5 heteroatoms. The van der Waals surface area contributed by atoms with E-state index in [4.69, 9.17) is 5.73 Å². The number of aliphatic imine (C=N–C) groups is 1. The molecule has 0 bridgehead atoms. The Bertz CT molecular complexity index is 410. The van der Waals surface area contributed by atoms with E-state index < -0.39 is 0 Å². The van der Waals surface area contributed by atoms with Crippen molar-refractivity contribution in [2.75, 3.05) is 32.7 Å². The fraction of sp³-hybridized carbons (Fsp3) is 0.625. The van der Waals surface area contributed by atoms with Gasteiger partial charge >= 0.3 is 0 Å². The molecule has 1 aromatic heterocycles. The van der Waals surface area contributed by atoms with Crippen molar-refractivity contribution in [1.82, 2.24) is 15.2 Å². The molecule has 0 amide bonds. The van der Waals surface area contributed by atoms with Crippen molar-refractivity contribution in [1.29, 1.82) is 0 Å². The number of nitrogens with two attached hydrogens (primary N) is 1. The number of nitrogens with zero attached hydrogens (tertiary/aromatic N) is 3. The second-order valence-electron chi connectivity index (χ2n) is 5.52. The van der Waals surface area contributed by atoms with Crippen LogP contribution in [0.1, 0.15) is 31.4 Å². The standard InChI is InChI=1S/C16H27N5/c17-16(19-10-8-15-7-3-4-9-18-15)20-11-14-21-12-5-1-2-6-13-21/h3-4,7,9H,1-2,5-6,8,10-14H2,(H3,17,19,20). The summed E-state index contributed by atoms with van der Waals surface area (Å²) in [5.74, 6) is 0.542. The zero-order chi connectivity index (χ0) is 14.8. The summed E-state index contributed by atoms with van der Waals surface area (Å²) in [5.41, 5.74) is 6.96. The molecule has 2 rings (SSSR count). The third-order valence-corrected chi connectivity index (χ3v) is 3.81.